The Morgan fingerprint density at radius 3 is 2.57 bits per heavy atom. The topological polar surface area (TPSA) is 108 Å². The lowest BCUT2D eigenvalue weighted by molar-refractivity contribution is 0.0667. The van der Waals surface area contributed by atoms with Gasteiger partial charge in [-0.1, -0.05) is 0 Å². The number of sulfonamides is 1. The van der Waals surface area contributed by atoms with Crippen LogP contribution >= 0.6 is 0 Å². The molecule has 1 heterocycles. The van der Waals surface area contributed by atoms with Crippen molar-refractivity contribution in [3.05, 3.63) is 29.8 Å². The van der Waals surface area contributed by atoms with Gasteiger partial charge in [0.25, 0.3) is 5.91 Å². The maximum Gasteiger partial charge on any atom is 0.251 e. The highest BCUT2D eigenvalue weighted by Crippen LogP contribution is 2.15. The van der Waals surface area contributed by atoms with E-state index >= 15 is 0 Å². The van der Waals surface area contributed by atoms with E-state index in [4.69, 9.17) is 0 Å². The van der Waals surface area contributed by atoms with Crippen LogP contribution in [0, 0.1) is 0 Å². The van der Waals surface area contributed by atoms with Gasteiger partial charge in [-0.15, -0.1) is 0 Å². The highest BCUT2D eigenvalue weighted by atomic mass is 32.2. The molecule has 0 aromatic heterocycles. The first kappa shape index (κ1) is 15.9. The fourth-order valence-corrected chi connectivity index (χ4v) is 3.24. The molecule has 21 heavy (non-hydrogen) atoms. The third-order valence-corrected chi connectivity index (χ3v) is 4.88. The van der Waals surface area contributed by atoms with Crippen molar-refractivity contribution < 1.29 is 18.3 Å². The zero-order valence-electron chi connectivity index (χ0n) is 11.7. The molecule has 0 aliphatic carbocycles. The summed E-state index contributed by atoms with van der Waals surface area (Å²) in [6.45, 7) is 0.990. The Kier molecular flexibility index (Phi) is 4.62. The van der Waals surface area contributed by atoms with Crippen LogP contribution in [0.3, 0.4) is 0 Å². The van der Waals surface area contributed by atoms with Crippen LogP contribution in [0.2, 0.25) is 0 Å². The summed E-state index contributed by atoms with van der Waals surface area (Å²) in [5, 5.41) is 15.6. The Balaban J connectivity index is 2.07. The monoisotopic (exact) mass is 313 g/mol. The molecule has 1 aliphatic heterocycles. The SMILES string of the molecule is CNC(=O)c1ccc(S(=O)(=O)NCC2(O)CCNC2)cc1. The van der Waals surface area contributed by atoms with E-state index in [1.807, 2.05) is 0 Å². The summed E-state index contributed by atoms with van der Waals surface area (Å²) in [4.78, 5) is 11.5. The molecule has 116 valence electrons. The second kappa shape index (κ2) is 6.10. The van der Waals surface area contributed by atoms with Crippen molar-refractivity contribution in [2.75, 3.05) is 26.7 Å². The molecule has 1 amide bonds. The number of β-amino-alcohol motifs (C(OH)–C–C–N with tert-alkyl or cyclic N) is 1. The van der Waals surface area contributed by atoms with Gasteiger partial charge in [0.2, 0.25) is 10.0 Å². The van der Waals surface area contributed by atoms with Gasteiger partial charge in [0, 0.05) is 25.7 Å². The highest BCUT2D eigenvalue weighted by Gasteiger charge is 2.32. The van der Waals surface area contributed by atoms with Crippen LogP contribution in [0.25, 0.3) is 0 Å². The highest BCUT2D eigenvalue weighted by molar-refractivity contribution is 7.89. The van der Waals surface area contributed by atoms with E-state index in [9.17, 15) is 18.3 Å². The number of benzene rings is 1. The van der Waals surface area contributed by atoms with Crippen LogP contribution in [0.1, 0.15) is 16.8 Å². The van der Waals surface area contributed by atoms with E-state index in [0.29, 0.717) is 25.1 Å². The smallest absolute Gasteiger partial charge is 0.251 e. The lowest BCUT2D eigenvalue weighted by Crippen LogP contribution is -2.44. The van der Waals surface area contributed by atoms with Gasteiger partial charge < -0.3 is 15.7 Å². The van der Waals surface area contributed by atoms with Crippen LogP contribution in [0.4, 0.5) is 0 Å². The molecular formula is C13H19N3O4S. The largest absolute Gasteiger partial charge is 0.387 e. The van der Waals surface area contributed by atoms with Gasteiger partial charge in [0.15, 0.2) is 0 Å². The second-order valence-electron chi connectivity index (χ2n) is 5.08. The zero-order valence-corrected chi connectivity index (χ0v) is 12.5. The van der Waals surface area contributed by atoms with E-state index in [1.54, 1.807) is 0 Å². The number of hydrogen-bond donors (Lipinski definition) is 4. The van der Waals surface area contributed by atoms with Crippen LogP contribution < -0.4 is 15.4 Å². The normalized spacial score (nSPS) is 22.2. The first-order chi connectivity index (χ1) is 9.86. The summed E-state index contributed by atoms with van der Waals surface area (Å²) in [5.74, 6) is -0.279. The third-order valence-electron chi connectivity index (χ3n) is 3.47. The Hall–Kier alpha value is -1.48. The van der Waals surface area contributed by atoms with Crippen molar-refractivity contribution in [2.24, 2.45) is 0 Å². The Labute approximate surface area is 123 Å². The molecule has 7 nitrogen and oxygen atoms in total. The minimum atomic E-state index is -3.70. The van der Waals surface area contributed by atoms with Gasteiger partial charge in [-0.05, 0) is 37.2 Å². The quantitative estimate of drug-likeness (QED) is 0.560. The van der Waals surface area contributed by atoms with Crippen molar-refractivity contribution in [3.63, 3.8) is 0 Å². The van der Waals surface area contributed by atoms with Crippen molar-refractivity contribution in [1.82, 2.24) is 15.4 Å². The van der Waals surface area contributed by atoms with Crippen LogP contribution in [0.15, 0.2) is 29.2 Å². The molecule has 1 unspecified atom stereocenters. The zero-order chi connectivity index (χ0) is 15.5. The van der Waals surface area contributed by atoms with Crippen molar-refractivity contribution >= 4 is 15.9 Å². The number of aliphatic hydroxyl groups is 1. The number of carbonyl (C=O) groups excluding carboxylic acids is 1. The summed E-state index contributed by atoms with van der Waals surface area (Å²) < 4.78 is 26.7. The summed E-state index contributed by atoms with van der Waals surface area (Å²) in [5.41, 5.74) is -0.662. The van der Waals surface area contributed by atoms with Crippen LogP contribution in [0.5, 0.6) is 0 Å². The fourth-order valence-electron chi connectivity index (χ4n) is 2.12. The second-order valence-corrected chi connectivity index (χ2v) is 6.85. The van der Waals surface area contributed by atoms with E-state index in [0.717, 1.165) is 0 Å². The predicted molar refractivity (Wildman–Crippen MR) is 77.5 cm³/mol. The minimum Gasteiger partial charge on any atom is -0.387 e. The van der Waals surface area contributed by atoms with Crippen LogP contribution in [-0.2, 0) is 10.0 Å². The minimum absolute atomic E-state index is 0.0421. The predicted octanol–water partition coefficient (Wildman–Crippen LogP) is -0.951. The molecule has 0 bridgehead atoms. The van der Waals surface area contributed by atoms with Gasteiger partial charge in [-0.25, -0.2) is 13.1 Å². The van der Waals surface area contributed by atoms with Gasteiger partial charge in [-0.3, -0.25) is 4.79 Å². The van der Waals surface area contributed by atoms with E-state index in [-0.39, 0.29) is 17.3 Å². The molecule has 1 saturated heterocycles. The molecule has 8 heteroatoms. The Morgan fingerprint density at radius 1 is 1.38 bits per heavy atom. The van der Waals surface area contributed by atoms with Crippen molar-refractivity contribution in [1.29, 1.82) is 0 Å². The molecule has 0 spiro atoms. The third kappa shape index (κ3) is 3.79. The molecule has 1 atom stereocenters. The molecule has 1 aliphatic rings. The van der Waals surface area contributed by atoms with Crippen molar-refractivity contribution in [2.45, 2.75) is 16.9 Å². The van der Waals surface area contributed by atoms with Crippen molar-refractivity contribution in [3.8, 4) is 0 Å². The van der Waals surface area contributed by atoms with Crippen LogP contribution in [-0.4, -0.2) is 51.7 Å². The number of nitrogens with one attached hydrogen (secondary N) is 3. The summed E-state index contributed by atoms with van der Waals surface area (Å²) in [7, 11) is -2.20. The summed E-state index contributed by atoms with van der Waals surface area (Å²) in [6.07, 6.45) is 0.505. The Bertz CT molecular complexity index is 607. The summed E-state index contributed by atoms with van der Waals surface area (Å²) in [6, 6.07) is 5.62. The number of amides is 1. The van der Waals surface area contributed by atoms with Gasteiger partial charge in [0.05, 0.1) is 10.5 Å². The molecular weight excluding hydrogens is 294 g/mol. The summed E-state index contributed by atoms with van der Waals surface area (Å²) >= 11 is 0. The fraction of sp³-hybridized carbons (Fsp3) is 0.462. The average Bonchev–Trinajstić information content (AvgIpc) is 2.92. The lowest BCUT2D eigenvalue weighted by Gasteiger charge is -2.21. The lowest BCUT2D eigenvalue weighted by atomic mass is 10.1. The van der Waals surface area contributed by atoms with E-state index in [2.05, 4.69) is 15.4 Å². The molecule has 1 fully saturated rings. The van der Waals surface area contributed by atoms with Gasteiger partial charge >= 0.3 is 0 Å². The van der Waals surface area contributed by atoms with Gasteiger partial charge in [-0.2, -0.15) is 0 Å². The number of carbonyl (C=O) groups is 1. The maximum absolute atomic E-state index is 12.1. The molecule has 0 saturated carbocycles. The first-order valence-corrected chi connectivity index (χ1v) is 8.10. The van der Waals surface area contributed by atoms with E-state index in [1.165, 1.54) is 31.3 Å². The standard InChI is InChI=1S/C13H19N3O4S/c1-14-12(17)10-2-4-11(5-3-10)21(19,20)16-9-13(18)6-7-15-8-13/h2-5,15-16,18H,6-9H2,1H3,(H,14,17). The maximum atomic E-state index is 12.1. The molecule has 1 aromatic rings. The first-order valence-electron chi connectivity index (χ1n) is 6.61. The molecule has 0 radical (unpaired) electrons. The van der Waals surface area contributed by atoms with E-state index < -0.39 is 15.6 Å². The molecule has 1 aromatic carbocycles. The Morgan fingerprint density at radius 2 is 2.05 bits per heavy atom. The molecule has 2 rings (SSSR count). The number of rotatable bonds is 5. The number of hydrogen-bond acceptors (Lipinski definition) is 5. The average molecular weight is 313 g/mol. The molecule has 4 N–H and O–H groups in total. The van der Waals surface area contributed by atoms with Gasteiger partial charge in [0.1, 0.15) is 0 Å².